The lowest BCUT2D eigenvalue weighted by Crippen LogP contribution is -2.30. The first-order valence-corrected chi connectivity index (χ1v) is 36.7. The highest BCUT2D eigenvalue weighted by atomic mass is 16.6. The maximum absolute atomic E-state index is 12.9. The zero-order chi connectivity index (χ0) is 57.8. The second kappa shape index (κ2) is 69.6. The molecular weight excluding hydrogens is 985 g/mol. The molecule has 80 heavy (non-hydrogen) atoms. The van der Waals surface area contributed by atoms with E-state index >= 15 is 0 Å². The zero-order valence-electron chi connectivity index (χ0n) is 54.6. The Morgan fingerprint density at radius 3 is 0.637 bits per heavy atom. The summed E-state index contributed by atoms with van der Waals surface area (Å²) in [5, 5.41) is 0. The van der Waals surface area contributed by atoms with Crippen LogP contribution in [0.3, 0.4) is 0 Å². The molecule has 0 bridgehead atoms. The van der Waals surface area contributed by atoms with Gasteiger partial charge < -0.3 is 14.2 Å². The molecule has 0 saturated heterocycles. The molecule has 0 saturated carbocycles. The Balaban J connectivity index is 4.13. The Morgan fingerprint density at radius 2 is 0.412 bits per heavy atom. The van der Waals surface area contributed by atoms with Crippen molar-refractivity contribution in [2.24, 2.45) is 0 Å². The van der Waals surface area contributed by atoms with E-state index in [2.05, 4.69) is 32.9 Å². The lowest BCUT2D eigenvalue weighted by Gasteiger charge is -2.18. The molecule has 1 atom stereocenters. The SMILES string of the molecule is CCCCCC/C=C\CCCCCCCC(=O)OCC(COC(=O)CCCCCCCCCCCCCCCCCCCCCCCCCCCCCCCC)OC(=O)CCCCCCCCCCCCCCCCCCCCC. The van der Waals surface area contributed by atoms with Gasteiger partial charge >= 0.3 is 17.9 Å². The molecular formula is C74H142O6. The molecule has 0 aromatic rings. The van der Waals surface area contributed by atoms with Gasteiger partial charge in [0.25, 0.3) is 0 Å². The number of allylic oxidation sites excluding steroid dienone is 2. The van der Waals surface area contributed by atoms with E-state index in [1.165, 1.54) is 321 Å². The van der Waals surface area contributed by atoms with Crippen LogP contribution in [0.1, 0.15) is 425 Å². The average molecular weight is 1130 g/mol. The molecule has 0 amide bonds. The molecule has 0 aliphatic heterocycles. The topological polar surface area (TPSA) is 78.9 Å². The van der Waals surface area contributed by atoms with Crippen molar-refractivity contribution in [3.8, 4) is 0 Å². The molecule has 0 heterocycles. The van der Waals surface area contributed by atoms with Gasteiger partial charge in [-0.15, -0.1) is 0 Å². The van der Waals surface area contributed by atoms with Crippen molar-refractivity contribution in [1.82, 2.24) is 0 Å². The molecule has 0 aliphatic carbocycles. The van der Waals surface area contributed by atoms with E-state index in [0.29, 0.717) is 19.3 Å². The minimum absolute atomic E-state index is 0.0657. The first-order valence-electron chi connectivity index (χ1n) is 36.7. The fourth-order valence-corrected chi connectivity index (χ4v) is 11.5. The quantitative estimate of drug-likeness (QED) is 0.0261. The molecule has 0 radical (unpaired) electrons. The van der Waals surface area contributed by atoms with Crippen LogP contribution in [0, 0.1) is 0 Å². The minimum atomic E-state index is -0.770. The molecule has 6 heteroatoms. The molecule has 0 spiro atoms. The summed E-state index contributed by atoms with van der Waals surface area (Å²) in [5.41, 5.74) is 0. The second-order valence-electron chi connectivity index (χ2n) is 25.2. The Labute approximate surface area is 501 Å². The first-order chi connectivity index (χ1) is 39.5. The van der Waals surface area contributed by atoms with Gasteiger partial charge in [-0.1, -0.05) is 373 Å². The Hall–Kier alpha value is -1.85. The zero-order valence-corrected chi connectivity index (χ0v) is 54.6. The molecule has 1 unspecified atom stereocenters. The van der Waals surface area contributed by atoms with Gasteiger partial charge in [0.15, 0.2) is 6.10 Å². The smallest absolute Gasteiger partial charge is 0.306 e. The van der Waals surface area contributed by atoms with Crippen LogP contribution in [0.5, 0.6) is 0 Å². The fourth-order valence-electron chi connectivity index (χ4n) is 11.5. The highest BCUT2D eigenvalue weighted by Gasteiger charge is 2.20. The van der Waals surface area contributed by atoms with E-state index in [0.717, 1.165) is 64.2 Å². The van der Waals surface area contributed by atoms with Gasteiger partial charge in [-0.05, 0) is 44.9 Å². The van der Waals surface area contributed by atoms with E-state index in [9.17, 15) is 14.4 Å². The second-order valence-corrected chi connectivity index (χ2v) is 25.2. The molecule has 474 valence electrons. The summed E-state index contributed by atoms with van der Waals surface area (Å²) in [6, 6.07) is 0. The van der Waals surface area contributed by atoms with Gasteiger partial charge in [0.1, 0.15) is 13.2 Å². The van der Waals surface area contributed by atoms with Gasteiger partial charge in [-0.25, -0.2) is 0 Å². The van der Waals surface area contributed by atoms with Gasteiger partial charge in [-0.2, -0.15) is 0 Å². The van der Waals surface area contributed by atoms with Gasteiger partial charge in [0, 0.05) is 19.3 Å². The van der Waals surface area contributed by atoms with Gasteiger partial charge in [-0.3, -0.25) is 14.4 Å². The summed E-state index contributed by atoms with van der Waals surface area (Å²) in [7, 11) is 0. The van der Waals surface area contributed by atoms with Crippen LogP contribution in [0.4, 0.5) is 0 Å². The highest BCUT2D eigenvalue weighted by molar-refractivity contribution is 5.71. The predicted molar refractivity (Wildman–Crippen MR) is 349 cm³/mol. The van der Waals surface area contributed by atoms with Crippen LogP contribution in [-0.2, 0) is 28.6 Å². The molecule has 0 aromatic carbocycles. The average Bonchev–Trinajstić information content (AvgIpc) is 3.46. The predicted octanol–water partition coefficient (Wildman–Crippen LogP) is 25.2. The molecule has 0 rings (SSSR count). The molecule has 0 fully saturated rings. The maximum atomic E-state index is 12.9. The Bertz CT molecular complexity index is 1250. The van der Waals surface area contributed by atoms with E-state index in [4.69, 9.17) is 14.2 Å². The van der Waals surface area contributed by atoms with Crippen LogP contribution < -0.4 is 0 Å². The number of carbonyl (C=O) groups is 3. The van der Waals surface area contributed by atoms with Crippen molar-refractivity contribution in [1.29, 1.82) is 0 Å². The van der Waals surface area contributed by atoms with Crippen molar-refractivity contribution < 1.29 is 28.6 Å². The number of ether oxygens (including phenoxy) is 3. The van der Waals surface area contributed by atoms with Gasteiger partial charge in [0.2, 0.25) is 0 Å². The molecule has 0 N–H and O–H groups in total. The largest absolute Gasteiger partial charge is 0.462 e. The minimum Gasteiger partial charge on any atom is -0.462 e. The summed E-state index contributed by atoms with van der Waals surface area (Å²) in [5.74, 6) is -0.839. The third kappa shape index (κ3) is 66.9. The van der Waals surface area contributed by atoms with E-state index in [1.54, 1.807) is 0 Å². The monoisotopic (exact) mass is 1130 g/mol. The number of carbonyl (C=O) groups excluding carboxylic acids is 3. The van der Waals surface area contributed by atoms with Crippen molar-refractivity contribution in [2.45, 2.75) is 431 Å². The Morgan fingerprint density at radius 1 is 0.237 bits per heavy atom. The number of esters is 3. The van der Waals surface area contributed by atoms with Crippen molar-refractivity contribution in [3.05, 3.63) is 12.2 Å². The van der Waals surface area contributed by atoms with Crippen molar-refractivity contribution in [3.63, 3.8) is 0 Å². The van der Waals surface area contributed by atoms with Crippen LogP contribution in [-0.4, -0.2) is 37.2 Å². The van der Waals surface area contributed by atoms with E-state index in [1.807, 2.05) is 0 Å². The van der Waals surface area contributed by atoms with Crippen LogP contribution in [0.2, 0.25) is 0 Å². The van der Waals surface area contributed by atoms with Crippen LogP contribution in [0.25, 0.3) is 0 Å². The van der Waals surface area contributed by atoms with Crippen molar-refractivity contribution in [2.75, 3.05) is 13.2 Å². The van der Waals surface area contributed by atoms with E-state index < -0.39 is 6.10 Å². The van der Waals surface area contributed by atoms with Gasteiger partial charge in [0.05, 0.1) is 0 Å². The first kappa shape index (κ1) is 78.1. The number of rotatable bonds is 69. The van der Waals surface area contributed by atoms with E-state index in [-0.39, 0.29) is 31.1 Å². The number of hydrogen-bond acceptors (Lipinski definition) is 6. The Kier molecular flexibility index (Phi) is 68.0. The maximum Gasteiger partial charge on any atom is 0.306 e. The molecule has 0 aromatic heterocycles. The summed E-state index contributed by atoms with van der Waals surface area (Å²) in [6.07, 6.45) is 84.1. The molecule has 6 nitrogen and oxygen atoms in total. The number of hydrogen-bond donors (Lipinski definition) is 0. The normalized spacial score (nSPS) is 12.0. The number of unbranched alkanes of at least 4 members (excludes halogenated alkanes) is 56. The van der Waals surface area contributed by atoms with Crippen molar-refractivity contribution >= 4 is 17.9 Å². The summed E-state index contributed by atoms with van der Waals surface area (Å²) < 4.78 is 17.0. The van der Waals surface area contributed by atoms with Crippen LogP contribution in [0.15, 0.2) is 12.2 Å². The lowest BCUT2D eigenvalue weighted by atomic mass is 10.0. The third-order valence-electron chi connectivity index (χ3n) is 17.0. The summed E-state index contributed by atoms with van der Waals surface area (Å²) in [4.78, 5) is 38.4. The summed E-state index contributed by atoms with van der Waals surface area (Å²) in [6.45, 7) is 6.71. The molecule has 0 aliphatic rings. The fraction of sp³-hybridized carbons (Fsp3) is 0.932. The van der Waals surface area contributed by atoms with Crippen LogP contribution >= 0.6 is 0 Å². The highest BCUT2D eigenvalue weighted by Crippen LogP contribution is 2.19. The standard InChI is InChI=1S/C74H142O6/c1-4-7-10-13-16-19-22-25-27-29-31-32-33-34-35-36-37-38-39-40-41-43-44-46-49-52-55-58-61-64-67-73(76)79-70-71(69-78-72(75)66-63-60-57-54-51-48-24-21-18-15-12-9-6-3)80-74(77)68-65-62-59-56-53-50-47-45-42-30-28-26-23-20-17-14-11-8-5-2/h21,24,71H,4-20,22-23,25-70H2,1-3H3/b24-21-. The lowest BCUT2D eigenvalue weighted by molar-refractivity contribution is -0.167. The summed E-state index contributed by atoms with van der Waals surface area (Å²) >= 11 is 0. The third-order valence-corrected chi connectivity index (χ3v) is 17.0.